The Bertz CT molecular complexity index is 2720. The summed E-state index contributed by atoms with van der Waals surface area (Å²) < 4.78 is 14.5. The van der Waals surface area contributed by atoms with Crippen LogP contribution in [0.25, 0.3) is 77.5 Å². The van der Waals surface area contributed by atoms with Gasteiger partial charge in [-0.05, 0) is 22.9 Å². The zero-order valence-electron chi connectivity index (χ0n) is 29.7. The molecular weight excluding hydrogens is 877 g/mol. The standard InChI is InChI=1S/C35H28GeNO2.C11H8N.Ir/c1-35(2)27-14-7-6-10-20(27)24-17-31-25(16-28(24)35)21-11-8-13-23(33(21)38-31)30-18-32-26(19-37-30)22-12-9-15-29(34(22)39-32)36(3,4)5;1-2-6-10(7-3-1)11-8-4-5-9-12-11;/h6-12,14-19H,1-5H3;1-6,8-9H;/q2*-1;. The van der Waals surface area contributed by atoms with Crippen LogP contribution in [0.3, 0.4) is 0 Å². The number of fused-ring (bicyclic) bond motifs is 9. The fourth-order valence-electron chi connectivity index (χ4n) is 7.62. The molecule has 0 atom stereocenters. The summed E-state index contributed by atoms with van der Waals surface area (Å²) in [4.78, 5) is 9.11. The number of furan rings is 2. The predicted octanol–water partition coefficient (Wildman–Crippen LogP) is 11.7. The van der Waals surface area contributed by atoms with E-state index in [4.69, 9.17) is 13.8 Å². The number of aromatic nitrogens is 2. The Morgan fingerprint density at radius 3 is 2.15 bits per heavy atom. The van der Waals surface area contributed by atoms with E-state index in [1.165, 1.54) is 26.6 Å². The SMILES string of the molecule is CC1(C)c2ccccc2-c2cc3oc4c(-c5cc6oc7[c]([Ge]([CH3])([CH3])[CH3])cccc7c6cn5)[c-]ccc4c3cc21.[Ir].[c-]1ccccc1-c1ccccn1. The summed E-state index contributed by atoms with van der Waals surface area (Å²) in [5.41, 5.74) is 12.5. The fraction of sp³-hybridized carbons (Fsp3) is 0.130. The number of hydrogen-bond acceptors (Lipinski definition) is 4. The Morgan fingerprint density at radius 1 is 0.596 bits per heavy atom. The third-order valence-corrected chi connectivity index (χ3v) is 14.4. The molecule has 1 aliphatic carbocycles. The molecule has 4 nitrogen and oxygen atoms in total. The van der Waals surface area contributed by atoms with E-state index < -0.39 is 13.3 Å². The summed E-state index contributed by atoms with van der Waals surface area (Å²) in [5, 5.41) is 4.41. The molecule has 0 saturated heterocycles. The molecule has 0 spiro atoms. The van der Waals surface area contributed by atoms with E-state index in [1.807, 2.05) is 60.8 Å². The van der Waals surface area contributed by atoms with Crippen LogP contribution >= 0.6 is 0 Å². The molecule has 4 aromatic heterocycles. The van der Waals surface area contributed by atoms with Crippen molar-refractivity contribution >= 4 is 61.5 Å². The first-order valence-electron chi connectivity index (χ1n) is 17.4. The quantitative estimate of drug-likeness (QED) is 0.131. The van der Waals surface area contributed by atoms with Gasteiger partial charge in [-0.2, -0.15) is 0 Å². The molecule has 9 aromatic rings. The molecule has 0 aliphatic heterocycles. The van der Waals surface area contributed by atoms with Crippen LogP contribution in [0, 0.1) is 12.1 Å². The maximum atomic E-state index is 6.59. The first kappa shape index (κ1) is 34.3. The van der Waals surface area contributed by atoms with Gasteiger partial charge in [0.15, 0.2) is 0 Å². The summed E-state index contributed by atoms with van der Waals surface area (Å²) >= 11 is -2.11. The molecular formula is C46H36GeIrN2O2-2. The van der Waals surface area contributed by atoms with Crippen molar-refractivity contribution in [1.29, 1.82) is 0 Å². The topological polar surface area (TPSA) is 52.1 Å². The predicted molar refractivity (Wildman–Crippen MR) is 212 cm³/mol. The second-order valence-corrected chi connectivity index (χ2v) is 25.4. The number of pyridine rings is 2. The minimum absolute atomic E-state index is 0. The molecule has 1 aliphatic rings. The van der Waals surface area contributed by atoms with Crippen molar-refractivity contribution in [3.8, 4) is 33.6 Å². The number of para-hydroxylation sites is 1. The van der Waals surface area contributed by atoms with Crippen LogP contribution in [0.2, 0.25) is 17.3 Å². The molecule has 0 N–H and O–H groups in total. The fourth-order valence-corrected chi connectivity index (χ4v) is 10.7. The van der Waals surface area contributed by atoms with Crippen molar-refractivity contribution in [1.82, 2.24) is 9.97 Å². The molecule has 257 valence electrons. The zero-order valence-corrected chi connectivity index (χ0v) is 34.2. The summed E-state index contributed by atoms with van der Waals surface area (Å²) in [6.45, 7) is 4.62. The van der Waals surface area contributed by atoms with E-state index in [2.05, 4.69) is 109 Å². The molecule has 1 radical (unpaired) electrons. The van der Waals surface area contributed by atoms with Gasteiger partial charge in [0.1, 0.15) is 0 Å². The van der Waals surface area contributed by atoms with Crippen molar-refractivity contribution in [3.63, 3.8) is 0 Å². The van der Waals surface area contributed by atoms with E-state index in [1.54, 1.807) is 6.20 Å². The van der Waals surface area contributed by atoms with Crippen molar-refractivity contribution in [2.24, 2.45) is 0 Å². The van der Waals surface area contributed by atoms with Crippen LogP contribution in [-0.2, 0) is 25.5 Å². The van der Waals surface area contributed by atoms with Crippen molar-refractivity contribution in [3.05, 3.63) is 151 Å². The van der Waals surface area contributed by atoms with Gasteiger partial charge < -0.3 is 4.98 Å². The Labute approximate surface area is 319 Å². The molecule has 4 heterocycles. The normalized spacial score (nSPS) is 13.1. The van der Waals surface area contributed by atoms with Gasteiger partial charge in [-0.1, -0.05) is 50.2 Å². The van der Waals surface area contributed by atoms with E-state index in [0.717, 1.165) is 66.4 Å². The minimum Gasteiger partial charge on any atom is -0.305 e. The molecule has 5 aromatic carbocycles. The van der Waals surface area contributed by atoms with Crippen molar-refractivity contribution in [2.75, 3.05) is 0 Å². The number of benzene rings is 5. The van der Waals surface area contributed by atoms with Crippen LogP contribution in [0.15, 0.2) is 136 Å². The maximum absolute atomic E-state index is 6.59. The van der Waals surface area contributed by atoms with Gasteiger partial charge in [0.05, 0.1) is 0 Å². The first-order chi connectivity index (χ1) is 24.7. The van der Waals surface area contributed by atoms with Gasteiger partial charge in [0.25, 0.3) is 0 Å². The van der Waals surface area contributed by atoms with Gasteiger partial charge in [0.2, 0.25) is 0 Å². The first-order valence-corrected chi connectivity index (χ1v) is 24.7. The van der Waals surface area contributed by atoms with Crippen LogP contribution in [0.4, 0.5) is 0 Å². The summed E-state index contributed by atoms with van der Waals surface area (Å²) in [6.07, 6.45) is 3.73. The number of nitrogens with zero attached hydrogens (tertiary/aromatic N) is 2. The Kier molecular flexibility index (Phi) is 8.57. The van der Waals surface area contributed by atoms with E-state index in [-0.39, 0.29) is 25.5 Å². The second-order valence-electron chi connectivity index (χ2n) is 14.9. The zero-order chi connectivity index (χ0) is 34.9. The summed E-state index contributed by atoms with van der Waals surface area (Å²) in [6, 6.07) is 46.2. The molecule has 10 rings (SSSR count). The van der Waals surface area contributed by atoms with Crippen molar-refractivity contribution < 1.29 is 28.9 Å². The molecule has 6 heteroatoms. The number of rotatable bonds is 3. The third-order valence-electron chi connectivity index (χ3n) is 10.2. The van der Waals surface area contributed by atoms with E-state index in [0.29, 0.717) is 0 Å². The van der Waals surface area contributed by atoms with Crippen LogP contribution in [-0.4, -0.2) is 23.2 Å². The minimum atomic E-state index is -2.11. The van der Waals surface area contributed by atoms with Gasteiger partial charge in [-0.3, -0.25) is 0 Å². The van der Waals surface area contributed by atoms with Crippen LogP contribution in [0.1, 0.15) is 25.0 Å². The Balaban J connectivity index is 0.000000253. The van der Waals surface area contributed by atoms with Gasteiger partial charge in [-0.25, -0.2) is 0 Å². The summed E-state index contributed by atoms with van der Waals surface area (Å²) in [7, 11) is 0. The Hall–Kier alpha value is -4.81. The monoisotopic (exact) mass is 915 g/mol. The van der Waals surface area contributed by atoms with Crippen LogP contribution < -0.4 is 4.40 Å². The molecule has 0 bridgehead atoms. The van der Waals surface area contributed by atoms with E-state index in [9.17, 15) is 0 Å². The van der Waals surface area contributed by atoms with Crippen LogP contribution in [0.5, 0.6) is 0 Å². The average molecular weight is 914 g/mol. The van der Waals surface area contributed by atoms with Gasteiger partial charge in [0, 0.05) is 31.7 Å². The average Bonchev–Trinajstić information content (AvgIpc) is 3.78. The smallest absolute Gasteiger partial charge is 0.305 e. The molecule has 0 unspecified atom stereocenters. The Morgan fingerprint density at radius 2 is 1.37 bits per heavy atom. The molecule has 0 amide bonds. The van der Waals surface area contributed by atoms with E-state index >= 15 is 0 Å². The molecule has 0 fully saturated rings. The molecule has 0 saturated carbocycles. The third kappa shape index (κ3) is 5.63. The summed E-state index contributed by atoms with van der Waals surface area (Å²) in [5.74, 6) is 7.20. The second kappa shape index (κ2) is 13.0. The van der Waals surface area contributed by atoms with Gasteiger partial charge >= 0.3 is 176 Å². The van der Waals surface area contributed by atoms with Gasteiger partial charge in [-0.15, -0.1) is 35.9 Å². The van der Waals surface area contributed by atoms with Crippen molar-refractivity contribution in [2.45, 2.75) is 36.5 Å². The number of hydrogen-bond donors (Lipinski definition) is 0. The molecule has 52 heavy (non-hydrogen) atoms.